The first-order valence-electron chi connectivity index (χ1n) is 5.75. The molecule has 0 amide bonds. The van der Waals surface area contributed by atoms with Gasteiger partial charge in [-0.15, -0.1) is 0 Å². The van der Waals surface area contributed by atoms with Gasteiger partial charge < -0.3 is 10.5 Å². The molecule has 112 valence electrons. The van der Waals surface area contributed by atoms with E-state index in [0.29, 0.717) is 0 Å². The molecule has 2 aromatic rings. The Morgan fingerprint density at radius 1 is 1.24 bits per heavy atom. The highest BCUT2D eigenvalue weighted by molar-refractivity contribution is 7.89. The molecule has 0 bridgehead atoms. The van der Waals surface area contributed by atoms with Crippen molar-refractivity contribution in [3.05, 3.63) is 46.7 Å². The molecule has 0 aliphatic rings. The summed E-state index contributed by atoms with van der Waals surface area (Å²) in [6, 6.07) is 6.82. The molecule has 0 saturated heterocycles. The molecule has 0 spiro atoms. The van der Waals surface area contributed by atoms with Crippen LogP contribution in [0.4, 0.5) is 10.1 Å². The van der Waals surface area contributed by atoms with E-state index in [1.54, 1.807) is 0 Å². The normalized spacial score (nSPS) is 11.4. The first kappa shape index (κ1) is 15.6. The summed E-state index contributed by atoms with van der Waals surface area (Å²) in [5.74, 6) is -0.810. The predicted molar refractivity (Wildman–Crippen MR) is 78.4 cm³/mol. The molecule has 0 aliphatic carbocycles. The van der Waals surface area contributed by atoms with Gasteiger partial charge in [0, 0.05) is 17.3 Å². The Bertz CT molecular complexity index is 809. The molecule has 0 unspecified atom stereocenters. The molecule has 2 aromatic carbocycles. The smallest absolute Gasteiger partial charge is 0.238 e. The van der Waals surface area contributed by atoms with E-state index in [9.17, 15) is 12.8 Å². The van der Waals surface area contributed by atoms with Crippen LogP contribution < -0.4 is 15.6 Å². The Morgan fingerprint density at radius 2 is 1.90 bits per heavy atom. The van der Waals surface area contributed by atoms with Crippen LogP contribution in [0.1, 0.15) is 5.56 Å². The molecule has 0 radical (unpaired) electrons. The van der Waals surface area contributed by atoms with Crippen molar-refractivity contribution in [3.63, 3.8) is 0 Å². The minimum Gasteiger partial charge on any atom is -0.454 e. The predicted octanol–water partition coefficient (Wildman–Crippen LogP) is 2.81. The summed E-state index contributed by atoms with van der Waals surface area (Å²) in [5, 5.41) is 5.00. The van der Waals surface area contributed by atoms with Crippen LogP contribution in [0.15, 0.2) is 35.2 Å². The molecular formula is C13H12ClFN2O3S. The van der Waals surface area contributed by atoms with Gasteiger partial charge in [0.1, 0.15) is 5.75 Å². The highest BCUT2D eigenvalue weighted by Gasteiger charge is 2.18. The van der Waals surface area contributed by atoms with Crippen molar-refractivity contribution in [3.8, 4) is 11.5 Å². The molecule has 0 fully saturated rings. The van der Waals surface area contributed by atoms with Crippen molar-refractivity contribution >= 4 is 27.3 Å². The fraction of sp³-hybridized carbons (Fsp3) is 0.0769. The van der Waals surface area contributed by atoms with Crippen LogP contribution in [0, 0.1) is 12.7 Å². The average molecular weight is 331 g/mol. The molecule has 8 heteroatoms. The summed E-state index contributed by atoms with van der Waals surface area (Å²) in [7, 11) is -3.97. The maximum absolute atomic E-state index is 13.8. The number of ether oxygens (including phenoxy) is 1. The summed E-state index contributed by atoms with van der Waals surface area (Å²) in [5.41, 5.74) is 5.98. The molecule has 2 rings (SSSR count). The number of nitrogen functional groups attached to an aromatic ring is 1. The van der Waals surface area contributed by atoms with Crippen molar-refractivity contribution in [1.82, 2.24) is 0 Å². The SMILES string of the molecule is Cc1c(Oc2cccc(Cl)c2F)cc(N)cc1S(N)(=O)=O. The number of benzene rings is 2. The summed E-state index contributed by atoms with van der Waals surface area (Å²) >= 11 is 5.66. The van der Waals surface area contributed by atoms with Gasteiger partial charge in [0.15, 0.2) is 11.6 Å². The average Bonchev–Trinajstić information content (AvgIpc) is 2.37. The third kappa shape index (κ3) is 3.26. The number of halogens is 2. The number of hydrogen-bond acceptors (Lipinski definition) is 4. The van der Waals surface area contributed by atoms with E-state index in [1.807, 2.05) is 0 Å². The lowest BCUT2D eigenvalue weighted by Gasteiger charge is -2.13. The standard InChI is InChI=1S/C13H12ClFN2O3S/c1-7-11(5-8(16)6-12(7)21(17,18)19)20-10-4-2-3-9(14)13(10)15/h2-6H,16H2,1H3,(H2,17,18,19). The minimum absolute atomic E-state index is 0.0835. The quantitative estimate of drug-likeness (QED) is 0.846. The number of anilines is 1. The summed E-state index contributed by atoms with van der Waals surface area (Å²) < 4.78 is 42.2. The van der Waals surface area contributed by atoms with E-state index in [2.05, 4.69) is 0 Å². The molecule has 0 atom stereocenters. The fourth-order valence-corrected chi connectivity index (χ4v) is 2.76. The lowest BCUT2D eigenvalue weighted by Crippen LogP contribution is -2.14. The van der Waals surface area contributed by atoms with E-state index in [-0.39, 0.29) is 32.7 Å². The lowest BCUT2D eigenvalue weighted by molar-refractivity contribution is 0.438. The van der Waals surface area contributed by atoms with E-state index in [4.69, 9.17) is 27.2 Å². The van der Waals surface area contributed by atoms with Crippen molar-refractivity contribution in [1.29, 1.82) is 0 Å². The van der Waals surface area contributed by atoms with Crippen molar-refractivity contribution in [2.75, 3.05) is 5.73 Å². The van der Waals surface area contributed by atoms with Gasteiger partial charge in [0.2, 0.25) is 10.0 Å². The third-order valence-corrected chi connectivity index (χ3v) is 4.11. The minimum atomic E-state index is -3.97. The third-order valence-electron chi connectivity index (χ3n) is 2.78. The van der Waals surface area contributed by atoms with Gasteiger partial charge in [-0.25, -0.2) is 17.9 Å². The first-order chi connectivity index (χ1) is 9.70. The molecule has 5 nitrogen and oxygen atoms in total. The number of rotatable bonds is 3. The van der Waals surface area contributed by atoms with Crippen LogP contribution in [0.3, 0.4) is 0 Å². The highest BCUT2D eigenvalue weighted by Crippen LogP contribution is 2.34. The van der Waals surface area contributed by atoms with Gasteiger partial charge >= 0.3 is 0 Å². The van der Waals surface area contributed by atoms with Gasteiger partial charge in [-0.1, -0.05) is 17.7 Å². The Morgan fingerprint density at radius 3 is 2.52 bits per heavy atom. The highest BCUT2D eigenvalue weighted by atomic mass is 35.5. The van der Waals surface area contributed by atoms with E-state index >= 15 is 0 Å². The first-order valence-corrected chi connectivity index (χ1v) is 7.67. The molecule has 0 aliphatic heterocycles. The maximum atomic E-state index is 13.8. The van der Waals surface area contributed by atoms with Crippen LogP contribution in [0.2, 0.25) is 5.02 Å². The zero-order valence-electron chi connectivity index (χ0n) is 10.9. The Balaban J connectivity index is 2.55. The van der Waals surface area contributed by atoms with Crippen molar-refractivity contribution in [2.45, 2.75) is 11.8 Å². The zero-order chi connectivity index (χ0) is 15.8. The maximum Gasteiger partial charge on any atom is 0.238 e. The molecular weight excluding hydrogens is 319 g/mol. The van der Waals surface area contributed by atoms with Crippen LogP contribution in [0.25, 0.3) is 0 Å². The largest absolute Gasteiger partial charge is 0.454 e. The van der Waals surface area contributed by atoms with Crippen LogP contribution in [-0.4, -0.2) is 8.42 Å². The van der Waals surface area contributed by atoms with Gasteiger partial charge in [-0.05, 0) is 25.1 Å². The van der Waals surface area contributed by atoms with Gasteiger partial charge in [0.05, 0.1) is 9.92 Å². The summed E-state index contributed by atoms with van der Waals surface area (Å²) in [6.45, 7) is 1.48. The van der Waals surface area contributed by atoms with Gasteiger partial charge in [-0.2, -0.15) is 0 Å². The molecule has 0 saturated carbocycles. The van der Waals surface area contributed by atoms with Gasteiger partial charge in [0.25, 0.3) is 0 Å². The van der Waals surface area contributed by atoms with E-state index in [1.165, 1.54) is 37.3 Å². The second kappa shape index (κ2) is 5.51. The van der Waals surface area contributed by atoms with Crippen LogP contribution in [0.5, 0.6) is 11.5 Å². The van der Waals surface area contributed by atoms with Crippen molar-refractivity contribution in [2.24, 2.45) is 5.14 Å². The fourth-order valence-electron chi connectivity index (χ4n) is 1.77. The second-order valence-electron chi connectivity index (χ2n) is 4.34. The summed E-state index contributed by atoms with van der Waals surface area (Å²) in [4.78, 5) is -0.181. The molecule has 0 heterocycles. The zero-order valence-corrected chi connectivity index (χ0v) is 12.5. The second-order valence-corrected chi connectivity index (χ2v) is 6.28. The van der Waals surface area contributed by atoms with Gasteiger partial charge in [-0.3, -0.25) is 0 Å². The Labute approximate surface area is 126 Å². The Kier molecular flexibility index (Phi) is 4.08. The monoisotopic (exact) mass is 330 g/mol. The molecule has 0 aromatic heterocycles. The topological polar surface area (TPSA) is 95.4 Å². The molecule has 21 heavy (non-hydrogen) atoms. The van der Waals surface area contributed by atoms with E-state index in [0.717, 1.165) is 0 Å². The number of hydrogen-bond donors (Lipinski definition) is 2. The lowest BCUT2D eigenvalue weighted by atomic mass is 10.2. The van der Waals surface area contributed by atoms with Crippen LogP contribution >= 0.6 is 11.6 Å². The number of primary sulfonamides is 1. The van der Waals surface area contributed by atoms with Crippen molar-refractivity contribution < 1.29 is 17.5 Å². The summed E-state index contributed by atoms with van der Waals surface area (Å²) in [6.07, 6.45) is 0. The number of sulfonamides is 1. The molecule has 4 N–H and O–H groups in total. The Hall–Kier alpha value is -1.83. The van der Waals surface area contributed by atoms with Crippen LogP contribution in [-0.2, 0) is 10.0 Å². The number of nitrogens with two attached hydrogens (primary N) is 2. The van der Waals surface area contributed by atoms with E-state index < -0.39 is 15.8 Å².